The van der Waals surface area contributed by atoms with E-state index in [9.17, 15) is 18.3 Å². The predicted octanol–water partition coefficient (Wildman–Crippen LogP) is 6.01. The van der Waals surface area contributed by atoms with Crippen molar-refractivity contribution >= 4 is 16.6 Å². The fourth-order valence-corrected chi connectivity index (χ4v) is 4.80. The number of aromatic nitrogens is 2. The van der Waals surface area contributed by atoms with E-state index in [4.69, 9.17) is 0 Å². The Morgan fingerprint density at radius 3 is 2.44 bits per heavy atom. The molecule has 0 amide bonds. The highest BCUT2D eigenvalue weighted by atomic mass is 19.3. The van der Waals surface area contributed by atoms with Crippen LogP contribution < -0.4 is 10.6 Å². The largest absolute Gasteiger partial charge is 0.384 e. The maximum absolute atomic E-state index is 14.7. The molecule has 0 spiro atoms. The lowest BCUT2D eigenvalue weighted by atomic mass is 9.79. The third kappa shape index (κ3) is 5.03. The van der Waals surface area contributed by atoms with Gasteiger partial charge in [0.25, 0.3) is 6.43 Å². The molecule has 0 unspecified atom stereocenters. The van der Waals surface area contributed by atoms with Crippen LogP contribution in [0.3, 0.4) is 0 Å². The van der Waals surface area contributed by atoms with Gasteiger partial charge in [-0.2, -0.15) is 0 Å². The van der Waals surface area contributed by atoms with Crippen molar-refractivity contribution in [3.63, 3.8) is 0 Å². The van der Waals surface area contributed by atoms with Crippen molar-refractivity contribution in [2.24, 2.45) is 0 Å². The molecule has 1 atom stereocenters. The second-order valence-corrected chi connectivity index (χ2v) is 9.49. The maximum atomic E-state index is 14.7. The van der Waals surface area contributed by atoms with Crippen LogP contribution in [0.25, 0.3) is 10.9 Å². The lowest BCUT2D eigenvalue weighted by Crippen LogP contribution is -2.42. The molecular weight excluding hydrogens is 441 g/mol. The first kappa shape index (κ1) is 24.4. The summed E-state index contributed by atoms with van der Waals surface area (Å²) in [5, 5.41) is 18.9. The SMILES string of the molecule is CC(C)NC1CCC(O)(c2cc3c(N[C@H](C)c4cccc(C(F)F)c4F)ccnc3cn2)CC1. The van der Waals surface area contributed by atoms with Gasteiger partial charge in [0, 0.05) is 34.9 Å². The van der Waals surface area contributed by atoms with Gasteiger partial charge in [0.15, 0.2) is 0 Å². The summed E-state index contributed by atoms with van der Waals surface area (Å²) in [6, 6.07) is 7.82. The number of nitrogens with one attached hydrogen (secondary N) is 2. The Morgan fingerprint density at radius 1 is 1.06 bits per heavy atom. The fourth-order valence-electron chi connectivity index (χ4n) is 4.80. The Bertz CT molecular complexity index is 1150. The summed E-state index contributed by atoms with van der Waals surface area (Å²) in [4.78, 5) is 8.87. The van der Waals surface area contributed by atoms with Gasteiger partial charge in [0.2, 0.25) is 0 Å². The zero-order chi connectivity index (χ0) is 24.5. The van der Waals surface area contributed by atoms with Crippen molar-refractivity contribution < 1.29 is 18.3 Å². The third-order valence-electron chi connectivity index (χ3n) is 6.62. The molecule has 1 aromatic carbocycles. The van der Waals surface area contributed by atoms with E-state index in [1.165, 1.54) is 12.1 Å². The minimum absolute atomic E-state index is 0.159. The highest BCUT2D eigenvalue weighted by Gasteiger charge is 2.36. The Labute approximate surface area is 197 Å². The van der Waals surface area contributed by atoms with E-state index in [1.807, 2.05) is 6.07 Å². The van der Waals surface area contributed by atoms with Crippen molar-refractivity contribution in [3.8, 4) is 0 Å². The quantitative estimate of drug-likeness (QED) is 0.393. The Balaban J connectivity index is 1.61. The predicted molar refractivity (Wildman–Crippen MR) is 127 cm³/mol. The summed E-state index contributed by atoms with van der Waals surface area (Å²) < 4.78 is 41.0. The molecule has 1 saturated carbocycles. The summed E-state index contributed by atoms with van der Waals surface area (Å²) in [6.45, 7) is 5.95. The summed E-state index contributed by atoms with van der Waals surface area (Å²) in [6.07, 6.45) is 3.26. The first-order valence-electron chi connectivity index (χ1n) is 11.7. The van der Waals surface area contributed by atoms with Gasteiger partial charge in [0.1, 0.15) is 11.4 Å². The summed E-state index contributed by atoms with van der Waals surface area (Å²) in [5.74, 6) is -0.903. The molecule has 1 fully saturated rings. The minimum Gasteiger partial charge on any atom is -0.384 e. The molecular formula is C26H31F3N4O. The normalized spacial score (nSPS) is 21.9. The van der Waals surface area contributed by atoms with Crippen LogP contribution in [0.1, 0.15) is 75.7 Å². The van der Waals surface area contributed by atoms with Crippen LogP contribution in [-0.2, 0) is 5.60 Å². The Morgan fingerprint density at radius 2 is 1.76 bits per heavy atom. The first-order chi connectivity index (χ1) is 16.2. The van der Waals surface area contributed by atoms with Gasteiger partial charge < -0.3 is 15.7 Å². The number of rotatable bonds is 7. The molecule has 2 aromatic heterocycles. The van der Waals surface area contributed by atoms with Gasteiger partial charge in [0.05, 0.1) is 29.0 Å². The van der Waals surface area contributed by atoms with E-state index in [0.29, 0.717) is 41.8 Å². The maximum Gasteiger partial charge on any atom is 0.266 e. The number of aliphatic hydroxyl groups is 1. The highest BCUT2D eigenvalue weighted by molar-refractivity contribution is 5.91. The molecule has 0 saturated heterocycles. The number of pyridine rings is 2. The summed E-state index contributed by atoms with van der Waals surface area (Å²) >= 11 is 0. The van der Waals surface area contributed by atoms with Crippen LogP contribution in [0.2, 0.25) is 0 Å². The number of nitrogens with zero attached hydrogens (tertiary/aromatic N) is 2. The highest BCUT2D eigenvalue weighted by Crippen LogP contribution is 2.38. The molecule has 0 bridgehead atoms. The van der Waals surface area contributed by atoms with E-state index in [-0.39, 0.29) is 5.56 Å². The zero-order valence-corrected chi connectivity index (χ0v) is 19.7. The van der Waals surface area contributed by atoms with Gasteiger partial charge in [-0.15, -0.1) is 0 Å². The molecule has 182 valence electrons. The van der Waals surface area contributed by atoms with Gasteiger partial charge in [-0.1, -0.05) is 32.0 Å². The molecule has 34 heavy (non-hydrogen) atoms. The van der Waals surface area contributed by atoms with Crippen molar-refractivity contribution in [2.45, 2.75) is 76.6 Å². The van der Waals surface area contributed by atoms with E-state index in [0.717, 1.165) is 24.3 Å². The average molecular weight is 473 g/mol. The molecule has 0 radical (unpaired) electrons. The molecule has 8 heteroatoms. The average Bonchev–Trinajstić information content (AvgIpc) is 2.80. The molecule has 2 heterocycles. The van der Waals surface area contributed by atoms with E-state index in [2.05, 4.69) is 34.4 Å². The number of benzene rings is 1. The van der Waals surface area contributed by atoms with E-state index in [1.54, 1.807) is 25.4 Å². The second kappa shape index (κ2) is 9.88. The minimum atomic E-state index is -2.88. The van der Waals surface area contributed by atoms with Gasteiger partial charge in [-0.05, 0) is 44.7 Å². The lowest BCUT2D eigenvalue weighted by Gasteiger charge is -2.36. The second-order valence-electron chi connectivity index (χ2n) is 9.49. The first-order valence-corrected chi connectivity index (χ1v) is 11.7. The molecule has 0 aliphatic heterocycles. The standard InChI is InChI=1S/C26H31F3N4O/c1-15(2)32-17-7-10-26(34,11-8-17)23-13-20-21(9-12-30-22(20)14-31-23)33-16(3)18-5-4-6-19(24(18)27)25(28)29/h4-6,9,12-17,25,32,34H,7-8,10-11H2,1-3H3,(H,30,33)/t16-,17?,26?/m1/s1. The number of alkyl halides is 2. The fraction of sp³-hybridized carbons (Fsp3) is 0.462. The zero-order valence-electron chi connectivity index (χ0n) is 19.7. The van der Waals surface area contributed by atoms with Crippen LogP contribution in [-0.4, -0.2) is 27.2 Å². The smallest absolute Gasteiger partial charge is 0.266 e. The van der Waals surface area contributed by atoms with Crippen LogP contribution in [0.15, 0.2) is 42.7 Å². The van der Waals surface area contributed by atoms with E-state index >= 15 is 0 Å². The number of anilines is 1. The molecule has 3 aromatic rings. The Kier molecular flexibility index (Phi) is 7.09. The number of hydrogen-bond donors (Lipinski definition) is 3. The van der Waals surface area contributed by atoms with E-state index < -0.39 is 29.4 Å². The van der Waals surface area contributed by atoms with Crippen LogP contribution in [0, 0.1) is 5.82 Å². The molecule has 1 aliphatic carbocycles. The van der Waals surface area contributed by atoms with Gasteiger partial charge in [-0.3, -0.25) is 9.97 Å². The monoisotopic (exact) mass is 472 g/mol. The molecule has 5 nitrogen and oxygen atoms in total. The number of fused-ring (bicyclic) bond motifs is 1. The summed E-state index contributed by atoms with van der Waals surface area (Å²) in [5.41, 5.74) is 0.397. The van der Waals surface area contributed by atoms with Gasteiger partial charge in [-0.25, -0.2) is 13.2 Å². The van der Waals surface area contributed by atoms with Crippen LogP contribution in [0.5, 0.6) is 0 Å². The van der Waals surface area contributed by atoms with Crippen molar-refractivity contribution in [3.05, 3.63) is 65.4 Å². The van der Waals surface area contributed by atoms with Crippen molar-refractivity contribution in [1.82, 2.24) is 15.3 Å². The van der Waals surface area contributed by atoms with Crippen molar-refractivity contribution in [1.29, 1.82) is 0 Å². The number of halogens is 3. The van der Waals surface area contributed by atoms with Crippen LogP contribution in [0.4, 0.5) is 18.9 Å². The van der Waals surface area contributed by atoms with Crippen molar-refractivity contribution in [2.75, 3.05) is 5.32 Å². The molecule has 1 aliphatic rings. The molecule has 3 N–H and O–H groups in total. The molecule has 4 rings (SSSR count). The third-order valence-corrected chi connectivity index (χ3v) is 6.62. The van der Waals surface area contributed by atoms with Gasteiger partial charge >= 0.3 is 0 Å². The summed E-state index contributed by atoms with van der Waals surface area (Å²) in [7, 11) is 0. The number of hydrogen-bond acceptors (Lipinski definition) is 5. The lowest BCUT2D eigenvalue weighted by molar-refractivity contribution is -0.0127. The Hall–Kier alpha value is -2.71. The topological polar surface area (TPSA) is 70.1 Å². The van der Waals surface area contributed by atoms with Crippen LogP contribution >= 0.6 is 0 Å².